The number of nitrogens with zero attached hydrogens (tertiary/aromatic N) is 2. The molecule has 7 nitrogen and oxygen atoms in total. The van der Waals surface area contributed by atoms with E-state index < -0.39 is 0 Å². The van der Waals surface area contributed by atoms with Crippen molar-refractivity contribution in [3.63, 3.8) is 0 Å². The number of H-pyrrole nitrogens is 1. The number of hydrogen-bond acceptors (Lipinski definition) is 5. The fourth-order valence-corrected chi connectivity index (χ4v) is 2.72. The van der Waals surface area contributed by atoms with Crippen molar-refractivity contribution in [3.8, 4) is 0 Å². The van der Waals surface area contributed by atoms with Crippen molar-refractivity contribution in [2.45, 2.75) is 32.7 Å². The van der Waals surface area contributed by atoms with Gasteiger partial charge in [0, 0.05) is 19.1 Å². The highest BCUT2D eigenvalue weighted by molar-refractivity contribution is 5.93. The largest absolute Gasteiger partial charge is 0.395 e. The first-order valence-corrected chi connectivity index (χ1v) is 7.48. The van der Waals surface area contributed by atoms with Crippen LogP contribution in [0.15, 0.2) is 0 Å². The van der Waals surface area contributed by atoms with Crippen molar-refractivity contribution in [3.05, 3.63) is 11.4 Å². The SMILES string of the molecule is Cc1n[nH]c(C)c1NC(=O)CN(CCO)CC1CCCN1. The average Bonchev–Trinajstić information content (AvgIpc) is 3.04. The predicted octanol–water partition coefficient (Wildman–Crippen LogP) is 0.0113. The molecule has 4 N–H and O–H groups in total. The third kappa shape index (κ3) is 4.52. The summed E-state index contributed by atoms with van der Waals surface area (Å²) in [5.74, 6) is -0.0750. The van der Waals surface area contributed by atoms with Crippen LogP contribution in [0.25, 0.3) is 0 Å². The average molecular weight is 295 g/mol. The van der Waals surface area contributed by atoms with Gasteiger partial charge in [-0.15, -0.1) is 0 Å². The summed E-state index contributed by atoms with van der Waals surface area (Å²) in [5.41, 5.74) is 2.39. The Balaban J connectivity index is 1.88. The lowest BCUT2D eigenvalue weighted by atomic mass is 10.2. The van der Waals surface area contributed by atoms with E-state index in [2.05, 4.69) is 20.8 Å². The molecule has 7 heteroatoms. The highest BCUT2D eigenvalue weighted by atomic mass is 16.3. The smallest absolute Gasteiger partial charge is 0.238 e. The standard InChI is InChI=1S/C14H25N5O2/c1-10-14(11(2)18-17-10)16-13(21)9-19(6-7-20)8-12-4-3-5-15-12/h12,15,20H,3-9H2,1-2H3,(H,16,21)(H,17,18). The number of carbonyl (C=O) groups is 1. The number of amides is 1. The zero-order valence-corrected chi connectivity index (χ0v) is 12.8. The lowest BCUT2D eigenvalue weighted by molar-refractivity contribution is -0.117. The van der Waals surface area contributed by atoms with Gasteiger partial charge in [0.25, 0.3) is 0 Å². The molecule has 0 aromatic carbocycles. The second kappa shape index (κ2) is 7.53. The van der Waals surface area contributed by atoms with E-state index in [1.165, 1.54) is 6.42 Å². The van der Waals surface area contributed by atoms with Gasteiger partial charge in [-0.25, -0.2) is 0 Å². The molecule has 1 unspecified atom stereocenters. The minimum atomic E-state index is -0.0750. The van der Waals surface area contributed by atoms with Crippen molar-refractivity contribution in [2.24, 2.45) is 0 Å². The normalized spacial score (nSPS) is 18.4. The van der Waals surface area contributed by atoms with Crippen LogP contribution in [-0.2, 0) is 4.79 Å². The zero-order chi connectivity index (χ0) is 15.2. The van der Waals surface area contributed by atoms with E-state index in [0.29, 0.717) is 12.6 Å². The number of aliphatic hydroxyl groups excluding tert-OH is 1. The number of hydrogen-bond donors (Lipinski definition) is 4. The molecule has 0 radical (unpaired) electrons. The second-order valence-electron chi connectivity index (χ2n) is 5.61. The van der Waals surface area contributed by atoms with Crippen LogP contribution in [0.4, 0.5) is 5.69 Å². The molecule has 1 atom stereocenters. The molecular formula is C14H25N5O2. The molecule has 2 heterocycles. The number of rotatable bonds is 7. The summed E-state index contributed by atoms with van der Waals surface area (Å²) in [6.07, 6.45) is 2.31. The van der Waals surface area contributed by atoms with Crippen LogP contribution < -0.4 is 10.6 Å². The molecule has 1 aromatic heterocycles. The summed E-state index contributed by atoms with van der Waals surface area (Å²) < 4.78 is 0. The van der Waals surface area contributed by atoms with Crippen LogP contribution in [0.5, 0.6) is 0 Å². The number of aromatic amines is 1. The third-order valence-corrected chi connectivity index (χ3v) is 3.82. The first kappa shape index (κ1) is 15.9. The van der Waals surface area contributed by atoms with Crippen LogP contribution in [-0.4, -0.2) is 64.9 Å². The van der Waals surface area contributed by atoms with Crippen molar-refractivity contribution in [1.82, 2.24) is 20.4 Å². The molecule has 1 fully saturated rings. The second-order valence-corrected chi connectivity index (χ2v) is 5.61. The molecule has 0 spiro atoms. The Kier molecular flexibility index (Phi) is 5.72. The molecule has 21 heavy (non-hydrogen) atoms. The van der Waals surface area contributed by atoms with Gasteiger partial charge in [-0.3, -0.25) is 14.8 Å². The van der Waals surface area contributed by atoms with Crippen molar-refractivity contribution < 1.29 is 9.90 Å². The maximum Gasteiger partial charge on any atom is 0.238 e. The summed E-state index contributed by atoms with van der Waals surface area (Å²) in [6, 6.07) is 0.418. The first-order valence-electron chi connectivity index (χ1n) is 7.48. The van der Waals surface area contributed by atoms with Crippen LogP contribution in [0.2, 0.25) is 0 Å². The van der Waals surface area contributed by atoms with E-state index in [1.54, 1.807) is 0 Å². The van der Waals surface area contributed by atoms with E-state index in [0.717, 1.165) is 36.6 Å². The number of aliphatic hydroxyl groups is 1. The van der Waals surface area contributed by atoms with Gasteiger partial charge in [-0.05, 0) is 33.2 Å². The quantitative estimate of drug-likeness (QED) is 0.569. The van der Waals surface area contributed by atoms with Crippen LogP contribution in [0, 0.1) is 13.8 Å². The molecule has 1 saturated heterocycles. The predicted molar refractivity (Wildman–Crippen MR) is 81.2 cm³/mol. The summed E-state index contributed by atoms with van der Waals surface area (Å²) in [6.45, 7) is 6.41. The van der Waals surface area contributed by atoms with Gasteiger partial charge < -0.3 is 15.7 Å². The molecule has 0 saturated carbocycles. The lowest BCUT2D eigenvalue weighted by Crippen LogP contribution is -2.42. The van der Waals surface area contributed by atoms with Gasteiger partial charge in [0.1, 0.15) is 0 Å². The molecule has 118 valence electrons. The number of nitrogens with one attached hydrogen (secondary N) is 3. The Labute approximate surface area is 125 Å². The minimum Gasteiger partial charge on any atom is -0.395 e. The fourth-order valence-electron chi connectivity index (χ4n) is 2.72. The number of anilines is 1. The third-order valence-electron chi connectivity index (χ3n) is 3.82. The number of aromatic nitrogens is 2. The molecule has 0 bridgehead atoms. The molecule has 0 aliphatic carbocycles. The van der Waals surface area contributed by atoms with Gasteiger partial charge in [0.05, 0.1) is 30.2 Å². The maximum absolute atomic E-state index is 12.2. The molecule has 1 amide bonds. The maximum atomic E-state index is 12.2. The summed E-state index contributed by atoms with van der Waals surface area (Å²) in [4.78, 5) is 14.2. The fraction of sp³-hybridized carbons (Fsp3) is 0.714. The summed E-state index contributed by atoms with van der Waals surface area (Å²) >= 11 is 0. The van der Waals surface area contributed by atoms with E-state index in [-0.39, 0.29) is 19.1 Å². The van der Waals surface area contributed by atoms with Gasteiger partial charge in [-0.2, -0.15) is 5.10 Å². The Morgan fingerprint density at radius 1 is 1.52 bits per heavy atom. The zero-order valence-electron chi connectivity index (χ0n) is 12.8. The highest BCUT2D eigenvalue weighted by Gasteiger charge is 2.20. The Bertz CT molecular complexity index is 448. The van der Waals surface area contributed by atoms with E-state index >= 15 is 0 Å². The highest BCUT2D eigenvalue weighted by Crippen LogP contribution is 2.16. The van der Waals surface area contributed by atoms with E-state index in [9.17, 15) is 4.79 Å². The molecule has 1 aliphatic heterocycles. The van der Waals surface area contributed by atoms with Crippen molar-refractivity contribution in [2.75, 3.05) is 38.1 Å². The van der Waals surface area contributed by atoms with Crippen molar-refractivity contribution >= 4 is 11.6 Å². The molecule has 2 rings (SSSR count). The summed E-state index contributed by atoms with van der Waals surface area (Å²) in [7, 11) is 0. The minimum absolute atomic E-state index is 0.0593. The van der Waals surface area contributed by atoms with Gasteiger partial charge in [0.15, 0.2) is 0 Å². The van der Waals surface area contributed by atoms with Gasteiger partial charge >= 0.3 is 0 Å². The summed E-state index contributed by atoms with van der Waals surface area (Å²) in [5, 5.41) is 22.4. The first-order chi connectivity index (χ1) is 10.1. The van der Waals surface area contributed by atoms with Gasteiger partial charge in [0.2, 0.25) is 5.91 Å². The molecular weight excluding hydrogens is 270 g/mol. The Hall–Kier alpha value is -1.44. The topological polar surface area (TPSA) is 93.3 Å². The van der Waals surface area contributed by atoms with Crippen LogP contribution in [0.3, 0.4) is 0 Å². The van der Waals surface area contributed by atoms with E-state index in [4.69, 9.17) is 5.11 Å². The van der Waals surface area contributed by atoms with Crippen LogP contribution in [0.1, 0.15) is 24.2 Å². The monoisotopic (exact) mass is 295 g/mol. The van der Waals surface area contributed by atoms with Gasteiger partial charge in [-0.1, -0.05) is 0 Å². The van der Waals surface area contributed by atoms with Crippen LogP contribution >= 0.6 is 0 Å². The lowest BCUT2D eigenvalue weighted by Gasteiger charge is -2.24. The molecule has 1 aliphatic rings. The number of carbonyl (C=O) groups excluding carboxylic acids is 1. The Morgan fingerprint density at radius 3 is 2.90 bits per heavy atom. The molecule has 1 aromatic rings. The van der Waals surface area contributed by atoms with Crippen molar-refractivity contribution in [1.29, 1.82) is 0 Å². The Morgan fingerprint density at radius 2 is 2.33 bits per heavy atom. The number of aryl methyl sites for hydroxylation is 2. The van der Waals surface area contributed by atoms with E-state index in [1.807, 2.05) is 18.7 Å².